The van der Waals surface area contributed by atoms with Crippen molar-refractivity contribution < 1.29 is 48.0 Å². The van der Waals surface area contributed by atoms with E-state index in [1.165, 1.54) is 21.4 Å². The molecule has 1 saturated carbocycles. The number of carbonyl (C=O) groups excluding carboxylic acids is 4. The predicted molar refractivity (Wildman–Crippen MR) is 280 cm³/mol. The van der Waals surface area contributed by atoms with Crippen LogP contribution in [0.4, 0.5) is 5.69 Å². The van der Waals surface area contributed by atoms with E-state index in [-0.39, 0.29) is 54.6 Å². The highest BCUT2D eigenvalue weighted by molar-refractivity contribution is 6.39. The summed E-state index contributed by atoms with van der Waals surface area (Å²) < 4.78 is 33.3. The van der Waals surface area contributed by atoms with Crippen LogP contribution in [0.2, 0.25) is 0 Å². The number of fused-ring (bicyclic) bond motifs is 4. The number of aromatic nitrogens is 1. The number of esters is 1. The van der Waals surface area contributed by atoms with Crippen molar-refractivity contribution in [2.75, 3.05) is 39.8 Å². The van der Waals surface area contributed by atoms with E-state index in [2.05, 4.69) is 97.2 Å². The van der Waals surface area contributed by atoms with Crippen molar-refractivity contribution in [3.8, 4) is 0 Å². The average molecular weight is 994 g/mol. The van der Waals surface area contributed by atoms with Gasteiger partial charge in [-0.3, -0.25) is 14.4 Å². The van der Waals surface area contributed by atoms with Crippen molar-refractivity contribution in [3.05, 3.63) is 89.7 Å². The molecule has 1 N–H and O–H groups in total. The number of hydrogen-bond acceptors (Lipinski definition) is 11. The zero-order valence-corrected chi connectivity index (χ0v) is 44.7. The molecule has 1 amide bonds. The number of hydrogen-bond donors (Lipinski definition) is 1. The number of allylic oxidation sites excluding steroid dienone is 3. The summed E-state index contributed by atoms with van der Waals surface area (Å²) in [4.78, 5) is 61.2. The van der Waals surface area contributed by atoms with E-state index in [1.54, 1.807) is 28.3 Å². The van der Waals surface area contributed by atoms with Crippen LogP contribution in [-0.2, 0) is 49.4 Å². The molecule has 13 heteroatoms. The van der Waals surface area contributed by atoms with Gasteiger partial charge in [-0.15, -0.1) is 0 Å². The molecule has 3 aliphatic heterocycles. The molecule has 3 aromatic rings. The Morgan fingerprint density at radius 3 is 2.32 bits per heavy atom. The standard InChI is InChI=1S/C59H83N3O10/c1-11-44-30-37(2)29-38(3)31-52(69-9)55-53(70-10)33-41(6)59(67,72-55)56(64)57(65)62-27-16-15-19-49(62)58(66)71-54(39(4)20-25-50(44)63)40(5)32-43-21-23-48(51(34-43)68-8)60(7)46-22-24-47-45(35-46)26-28-61(47)36-42-17-13-12-14-18-42/h12-14,17-18,22,24,26,28,30,32,35,38-39,41,43-44,48-49,51-55,67H,11,15-16,19-21,23,25,27,29,31,33-34,36H2,1-10H3/b37-30+,40-32?. The number of carbonyl (C=O) groups is 4. The van der Waals surface area contributed by atoms with Gasteiger partial charge < -0.3 is 43.2 Å². The second kappa shape index (κ2) is 24.6. The normalized spacial score (nSPS) is 33.9. The van der Waals surface area contributed by atoms with Gasteiger partial charge in [0.05, 0.1) is 24.4 Å². The molecular formula is C59H83N3O10. The first-order valence-electron chi connectivity index (χ1n) is 26.8. The number of rotatable bonds is 10. The molecular weight excluding hydrogens is 911 g/mol. The Kier molecular flexibility index (Phi) is 18.8. The van der Waals surface area contributed by atoms with E-state index in [4.69, 9.17) is 23.7 Å². The number of nitrogens with zero attached hydrogens (tertiary/aromatic N) is 3. The number of likely N-dealkylation sites (N-methyl/N-ethyl adjacent to an activating group) is 1. The fourth-order valence-electron chi connectivity index (χ4n) is 12.4. The van der Waals surface area contributed by atoms with E-state index in [0.717, 1.165) is 42.6 Å². The van der Waals surface area contributed by atoms with Gasteiger partial charge in [0.15, 0.2) is 0 Å². The molecule has 394 valence electrons. The molecule has 13 unspecified atom stereocenters. The van der Waals surface area contributed by atoms with Gasteiger partial charge in [0.2, 0.25) is 5.79 Å². The summed E-state index contributed by atoms with van der Waals surface area (Å²) in [5.41, 5.74) is 5.54. The van der Waals surface area contributed by atoms with Crippen molar-refractivity contribution in [2.24, 2.45) is 29.6 Å². The zero-order chi connectivity index (χ0) is 51.9. The number of methoxy groups -OCH3 is 3. The number of cyclic esters (lactones) is 1. The number of piperidine rings is 1. The van der Waals surface area contributed by atoms with Crippen LogP contribution in [0.25, 0.3) is 10.9 Å². The van der Waals surface area contributed by atoms with Crippen LogP contribution in [0.3, 0.4) is 0 Å². The van der Waals surface area contributed by atoms with Crippen LogP contribution in [0.15, 0.2) is 84.1 Å². The molecule has 4 heterocycles. The van der Waals surface area contributed by atoms with Crippen LogP contribution in [0.5, 0.6) is 0 Å². The SMILES string of the molecule is CCC1/C=C(\C)CC(C)CC(OC)C2OC(O)(C(=O)C(=O)N3CCCCC3C(=O)OC(C(C)=CC3CCC(N(C)c4ccc5c(ccn5Cc5ccccc5)c4)C(OC)C3)C(C)CCC1=O)C(C)CC2OC. The Labute approximate surface area is 428 Å². The van der Waals surface area contributed by atoms with E-state index < -0.39 is 59.8 Å². The third-order valence-electron chi connectivity index (χ3n) is 16.6. The minimum Gasteiger partial charge on any atom is -0.456 e. The molecule has 13 nitrogen and oxygen atoms in total. The van der Waals surface area contributed by atoms with Crippen LogP contribution < -0.4 is 4.90 Å². The minimum absolute atomic E-state index is 0.0663. The van der Waals surface area contributed by atoms with E-state index >= 15 is 0 Å². The molecule has 1 aromatic heterocycles. The van der Waals surface area contributed by atoms with Gasteiger partial charge in [-0.25, -0.2) is 4.79 Å². The van der Waals surface area contributed by atoms with Gasteiger partial charge in [-0.2, -0.15) is 0 Å². The molecule has 0 radical (unpaired) electrons. The molecule has 13 atom stereocenters. The highest BCUT2D eigenvalue weighted by Gasteiger charge is 2.56. The van der Waals surface area contributed by atoms with Crippen molar-refractivity contribution in [1.82, 2.24) is 9.47 Å². The van der Waals surface area contributed by atoms with Gasteiger partial charge in [0.25, 0.3) is 11.7 Å². The number of ketones is 2. The van der Waals surface area contributed by atoms with Crippen LogP contribution >= 0.6 is 0 Å². The number of amides is 1. The Balaban J connectivity index is 1.13. The van der Waals surface area contributed by atoms with E-state index in [1.807, 2.05) is 26.8 Å². The van der Waals surface area contributed by atoms with E-state index in [0.29, 0.717) is 51.4 Å². The number of anilines is 1. The average Bonchev–Trinajstić information content (AvgIpc) is 3.79. The lowest BCUT2D eigenvalue weighted by Crippen LogP contribution is -2.64. The maximum absolute atomic E-state index is 14.7. The van der Waals surface area contributed by atoms with Crippen LogP contribution in [0, 0.1) is 29.6 Å². The molecule has 4 aliphatic rings. The minimum atomic E-state index is -2.47. The molecule has 2 bridgehead atoms. The summed E-state index contributed by atoms with van der Waals surface area (Å²) >= 11 is 0. The number of benzene rings is 2. The highest BCUT2D eigenvalue weighted by atomic mass is 16.7. The third-order valence-corrected chi connectivity index (χ3v) is 16.6. The fraction of sp³-hybridized carbons (Fsp3) is 0.627. The Bertz CT molecular complexity index is 2400. The lowest BCUT2D eigenvalue weighted by atomic mass is 9.80. The molecule has 2 saturated heterocycles. The second-order valence-corrected chi connectivity index (χ2v) is 21.8. The van der Waals surface area contributed by atoms with Crippen LogP contribution in [-0.4, -0.2) is 121 Å². The summed E-state index contributed by atoms with van der Waals surface area (Å²) in [6.45, 7) is 12.9. The zero-order valence-electron chi connectivity index (χ0n) is 44.7. The quantitative estimate of drug-likeness (QED) is 0.118. The molecule has 0 spiro atoms. The maximum atomic E-state index is 14.7. The topological polar surface area (TPSA) is 146 Å². The number of aliphatic hydroxyl groups is 1. The largest absolute Gasteiger partial charge is 0.456 e. The fourth-order valence-corrected chi connectivity index (χ4v) is 12.4. The summed E-state index contributed by atoms with van der Waals surface area (Å²) in [6.07, 6.45) is 10.8. The van der Waals surface area contributed by atoms with E-state index in [9.17, 15) is 24.3 Å². The number of ether oxygens (including phenoxy) is 5. The second-order valence-electron chi connectivity index (χ2n) is 21.8. The first-order valence-corrected chi connectivity index (χ1v) is 26.8. The van der Waals surface area contributed by atoms with Gasteiger partial charge in [-0.1, -0.05) is 75.8 Å². The lowest BCUT2D eigenvalue weighted by molar-refractivity contribution is -0.302. The van der Waals surface area contributed by atoms with Crippen molar-refractivity contribution in [2.45, 2.75) is 174 Å². The van der Waals surface area contributed by atoms with Crippen molar-refractivity contribution in [1.29, 1.82) is 0 Å². The van der Waals surface area contributed by atoms with Gasteiger partial charge in [0.1, 0.15) is 24.0 Å². The Morgan fingerprint density at radius 2 is 1.61 bits per heavy atom. The molecule has 72 heavy (non-hydrogen) atoms. The molecule has 3 fully saturated rings. The summed E-state index contributed by atoms with van der Waals surface area (Å²) in [7, 11) is 7.06. The molecule has 1 aliphatic carbocycles. The Morgan fingerprint density at radius 1 is 0.889 bits per heavy atom. The lowest BCUT2D eigenvalue weighted by Gasteiger charge is -2.47. The molecule has 2 aromatic carbocycles. The van der Waals surface area contributed by atoms with Gasteiger partial charge in [0, 0.05) is 82.5 Å². The maximum Gasteiger partial charge on any atom is 0.329 e. The summed E-state index contributed by atoms with van der Waals surface area (Å²) in [5, 5.41) is 13.4. The first-order chi connectivity index (χ1) is 34.5. The monoisotopic (exact) mass is 994 g/mol. The third kappa shape index (κ3) is 12.5. The highest BCUT2D eigenvalue weighted by Crippen LogP contribution is 2.40. The summed E-state index contributed by atoms with van der Waals surface area (Å²) in [6, 6.07) is 18.4. The predicted octanol–water partition coefficient (Wildman–Crippen LogP) is 9.65. The van der Waals surface area contributed by atoms with Gasteiger partial charge >= 0.3 is 5.97 Å². The van der Waals surface area contributed by atoms with Gasteiger partial charge in [-0.05, 0) is 138 Å². The Hall–Kier alpha value is -4.66. The van der Waals surface area contributed by atoms with Crippen LogP contribution in [0.1, 0.15) is 124 Å². The summed E-state index contributed by atoms with van der Waals surface area (Å²) in [5.74, 6) is -6.11. The van der Waals surface area contributed by atoms with Crippen molar-refractivity contribution in [3.63, 3.8) is 0 Å². The number of Topliss-reactive ketones (excluding diaryl/α,β-unsaturated/α-hetero) is 2. The first kappa shape index (κ1) is 55.1. The smallest absolute Gasteiger partial charge is 0.329 e. The molecule has 7 rings (SSSR count). The van der Waals surface area contributed by atoms with Crippen molar-refractivity contribution >= 4 is 40.0 Å².